The lowest BCUT2D eigenvalue weighted by molar-refractivity contribution is -0.123. The van der Waals surface area contributed by atoms with Gasteiger partial charge >= 0.3 is 11.9 Å². The summed E-state index contributed by atoms with van der Waals surface area (Å²) < 4.78 is 37.0. The molecule has 0 unspecified atom stereocenters. The van der Waals surface area contributed by atoms with E-state index in [0.717, 1.165) is 35.4 Å². The van der Waals surface area contributed by atoms with Gasteiger partial charge in [-0.2, -0.15) is 0 Å². The highest BCUT2D eigenvalue weighted by Crippen LogP contribution is 2.40. The lowest BCUT2D eigenvalue weighted by Gasteiger charge is -2.18. The van der Waals surface area contributed by atoms with Crippen molar-refractivity contribution in [1.82, 2.24) is 0 Å². The van der Waals surface area contributed by atoms with Crippen LogP contribution in [0.25, 0.3) is 0 Å². The molecule has 1 aromatic carbocycles. The minimum Gasteiger partial charge on any atom is -0.462 e. The molecule has 1 aliphatic carbocycles. The number of benzene rings is 1. The average molecular weight is 451 g/mol. The summed E-state index contributed by atoms with van der Waals surface area (Å²) in [4.78, 5) is 38.4. The Bertz CT molecular complexity index is 1020. The highest BCUT2D eigenvalue weighted by atomic mass is 32.1. The molecule has 2 atom stereocenters. The fourth-order valence-electron chi connectivity index (χ4n) is 3.40. The minimum atomic E-state index is -1.27. The molecule has 0 saturated heterocycles. The monoisotopic (exact) mass is 451 g/mol. The molecule has 0 radical (unpaired) electrons. The molecular formula is C22H23F2NO5S. The molecule has 1 aromatic heterocycles. The van der Waals surface area contributed by atoms with Crippen molar-refractivity contribution in [3.05, 3.63) is 51.4 Å². The maximum absolute atomic E-state index is 13.8. The second-order valence-electron chi connectivity index (χ2n) is 7.44. The third kappa shape index (κ3) is 5.10. The van der Waals surface area contributed by atoms with Crippen molar-refractivity contribution in [2.45, 2.75) is 46.1 Å². The van der Waals surface area contributed by atoms with Crippen LogP contribution in [0.3, 0.4) is 0 Å². The average Bonchev–Trinajstić information content (AvgIpc) is 3.04. The Morgan fingerprint density at radius 2 is 2.00 bits per heavy atom. The zero-order chi connectivity index (χ0) is 22.7. The molecular weight excluding hydrogens is 428 g/mol. The number of halogens is 2. The van der Waals surface area contributed by atoms with Crippen LogP contribution in [0.5, 0.6) is 0 Å². The number of nitrogens with one attached hydrogen (secondary N) is 1. The Kier molecular flexibility index (Phi) is 7.04. The first kappa shape index (κ1) is 22.9. The summed E-state index contributed by atoms with van der Waals surface area (Å²) >= 11 is 1.31. The van der Waals surface area contributed by atoms with Gasteiger partial charge in [-0.3, -0.25) is 4.79 Å². The normalized spacial score (nSPS) is 16.2. The summed E-state index contributed by atoms with van der Waals surface area (Å²) in [5, 5.41) is 3.00. The van der Waals surface area contributed by atoms with Gasteiger partial charge in [0.15, 0.2) is 6.10 Å². The van der Waals surface area contributed by atoms with Gasteiger partial charge in [0.2, 0.25) is 0 Å². The quantitative estimate of drug-likeness (QED) is 0.654. The molecule has 0 fully saturated rings. The second kappa shape index (κ2) is 9.55. The molecule has 9 heteroatoms. The van der Waals surface area contributed by atoms with Gasteiger partial charge in [0.05, 0.1) is 17.7 Å². The van der Waals surface area contributed by atoms with E-state index >= 15 is 0 Å². The maximum atomic E-state index is 13.8. The first-order valence-electron chi connectivity index (χ1n) is 9.99. The minimum absolute atomic E-state index is 0.199. The van der Waals surface area contributed by atoms with Gasteiger partial charge in [-0.1, -0.05) is 6.92 Å². The van der Waals surface area contributed by atoms with Crippen LogP contribution in [0.2, 0.25) is 0 Å². The number of esters is 2. The Morgan fingerprint density at radius 1 is 1.26 bits per heavy atom. The molecule has 2 aromatic rings. The number of carbonyl (C=O) groups excluding carboxylic acids is 3. The zero-order valence-electron chi connectivity index (χ0n) is 17.4. The highest BCUT2D eigenvalue weighted by Gasteiger charge is 2.30. The van der Waals surface area contributed by atoms with E-state index < -0.39 is 41.1 Å². The number of thiophene rings is 1. The number of rotatable bonds is 6. The van der Waals surface area contributed by atoms with Gasteiger partial charge in [-0.05, 0) is 56.7 Å². The van der Waals surface area contributed by atoms with Gasteiger partial charge in [-0.25, -0.2) is 18.4 Å². The molecule has 1 N–H and O–H groups in total. The maximum Gasteiger partial charge on any atom is 0.341 e. The van der Waals surface area contributed by atoms with Crippen LogP contribution in [0.4, 0.5) is 13.8 Å². The van der Waals surface area contributed by atoms with Crippen LogP contribution in [0.1, 0.15) is 58.3 Å². The standard InChI is InChI=1S/C22H23F2NO5S/c1-4-29-22(28)18-15-7-5-11(2)9-17(15)31-20(18)25-19(26)12(3)30-21(27)14-8-6-13(23)10-16(14)24/h6,8,10-12H,4-5,7,9H2,1-3H3,(H,25,26)/t11-,12+/m1/s1. The van der Waals surface area contributed by atoms with Gasteiger partial charge in [0.25, 0.3) is 5.91 Å². The van der Waals surface area contributed by atoms with Crippen molar-refractivity contribution in [3.63, 3.8) is 0 Å². The Hall–Kier alpha value is -2.81. The van der Waals surface area contributed by atoms with E-state index in [1.165, 1.54) is 18.3 Å². The van der Waals surface area contributed by atoms with Gasteiger partial charge < -0.3 is 14.8 Å². The molecule has 1 aliphatic rings. The third-order valence-corrected chi connectivity index (χ3v) is 6.20. The number of hydrogen-bond donors (Lipinski definition) is 1. The molecule has 0 aliphatic heterocycles. The first-order valence-corrected chi connectivity index (χ1v) is 10.8. The number of amides is 1. The van der Waals surface area contributed by atoms with Gasteiger partial charge in [0.1, 0.15) is 16.6 Å². The zero-order valence-corrected chi connectivity index (χ0v) is 18.2. The van der Waals surface area contributed by atoms with Crippen LogP contribution >= 0.6 is 11.3 Å². The summed E-state index contributed by atoms with van der Waals surface area (Å²) in [7, 11) is 0. The van der Waals surface area contributed by atoms with Crippen molar-refractivity contribution < 1.29 is 32.6 Å². The molecule has 1 amide bonds. The molecule has 0 spiro atoms. The lowest BCUT2D eigenvalue weighted by atomic mass is 9.88. The molecule has 3 rings (SSSR count). The van der Waals surface area contributed by atoms with E-state index in [9.17, 15) is 23.2 Å². The lowest BCUT2D eigenvalue weighted by Crippen LogP contribution is -2.30. The van der Waals surface area contributed by atoms with E-state index in [0.29, 0.717) is 29.0 Å². The summed E-state index contributed by atoms with van der Waals surface area (Å²) in [6.07, 6.45) is 1.17. The third-order valence-electron chi connectivity index (χ3n) is 5.03. The van der Waals surface area contributed by atoms with Crippen LogP contribution in [-0.2, 0) is 27.1 Å². The summed E-state index contributed by atoms with van der Waals surface area (Å²) in [5.41, 5.74) is 0.744. The SMILES string of the molecule is CCOC(=O)c1c(NC(=O)[C@H](C)OC(=O)c2ccc(F)cc2F)sc2c1CC[C@@H](C)C2. The van der Waals surface area contributed by atoms with Gasteiger partial charge in [-0.15, -0.1) is 11.3 Å². The van der Waals surface area contributed by atoms with Crippen LogP contribution in [0.15, 0.2) is 18.2 Å². The van der Waals surface area contributed by atoms with Crippen LogP contribution < -0.4 is 5.32 Å². The topological polar surface area (TPSA) is 81.7 Å². The van der Waals surface area contributed by atoms with Crippen LogP contribution in [-0.4, -0.2) is 30.6 Å². The fourth-order valence-corrected chi connectivity index (χ4v) is 4.81. The summed E-state index contributed by atoms with van der Waals surface area (Å²) in [5.74, 6) is -3.72. The molecule has 0 bridgehead atoms. The number of anilines is 1. The van der Waals surface area contributed by atoms with Crippen molar-refractivity contribution in [2.75, 3.05) is 11.9 Å². The number of hydrogen-bond acceptors (Lipinski definition) is 6. The van der Waals surface area contributed by atoms with Crippen LogP contribution in [0, 0.1) is 17.6 Å². The number of carbonyl (C=O) groups is 3. The number of ether oxygens (including phenoxy) is 2. The Morgan fingerprint density at radius 3 is 2.68 bits per heavy atom. The first-order chi connectivity index (χ1) is 14.7. The van der Waals surface area contributed by atoms with E-state index in [1.54, 1.807) is 6.92 Å². The Balaban J connectivity index is 1.77. The van der Waals surface area contributed by atoms with Crippen molar-refractivity contribution in [1.29, 1.82) is 0 Å². The molecule has 166 valence electrons. The molecule has 6 nitrogen and oxygen atoms in total. The smallest absolute Gasteiger partial charge is 0.341 e. The molecule has 1 heterocycles. The predicted octanol–water partition coefficient (Wildman–Crippen LogP) is 4.51. The molecule has 31 heavy (non-hydrogen) atoms. The van der Waals surface area contributed by atoms with Crippen molar-refractivity contribution >= 4 is 34.2 Å². The second-order valence-corrected chi connectivity index (χ2v) is 8.54. The largest absolute Gasteiger partial charge is 0.462 e. The summed E-state index contributed by atoms with van der Waals surface area (Å²) in [6, 6.07) is 2.43. The van der Waals surface area contributed by atoms with E-state index in [2.05, 4.69) is 12.2 Å². The number of fused-ring (bicyclic) bond motifs is 1. The van der Waals surface area contributed by atoms with Gasteiger partial charge in [0, 0.05) is 10.9 Å². The molecule has 0 saturated carbocycles. The van der Waals surface area contributed by atoms with Crippen molar-refractivity contribution in [2.24, 2.45) is 5.92 Å². The van der Waals surface area contributed by atoms with E-state index in [-0.39, 0.29) is 6.61 Å². The predicted molar refractivity (Wildman–Crippen MR) is 111 cm³/mol. The van der Waals surface area contributed by atoms with E-state index in [1.807, 2.05) is 0 Å². The Labute approximate surface area is 182 Å². The fraction of sp³-hybridized carbons (Fsp3) is 0.409. The van der Waals surface area contributed by atoms with E-state index in [4.69, 9.17) is 9.47 Å². The summed E-state index contributed by atoms with van der Waals surface area (Å²) in [6.45, 7) is 5.35. The highest BCUT2D eigenvalue weighted by molar-refractivity contribution is 7.17. The van der Waals surface area contributed by atoms with Crippen molar-refractivity contribution in [3.8, 4) is 0 Å².